The van der Waals surface area contributed by atoms with Gasteiger partial charge in [0.2, 0.25) is 5.56 Å². The van der Waals surface area contributed by atoms with Gasteiger partial charge in [-0.1, -0.05) is 41.0 Å². The second-order valence-corrected chi connectivity index (χ2v) is 10.3. The van der Waals surface area contributed by atoms with Crippen molar-refractivity contribution in [3.8, 4) is 0 Å². The third-order valence-electron chi connectivity index (χ3n) is 7.41. The van der Waals surface area contributed by atoms with E-state index in [1.807, 2.05) is 0 Å². The molecular weight excluding hydrogens is 525 g/mol. The van der Waals surface area contributed by atoms with Crippen LogP contribution in [-0.4, -0.2) is 27.6 Å². The molecule has 2 unspecified atom stereocenters. The SMILES string of the molecule is Cn1cc(C(CC(c2ccc(C(=O)NC3CCC(C(=O)O)CC3)c(F)c2)c2ccccc2Cl)N=O)ccc1=O. The number of aromatic nitrogens is 1. The van der Waals surface area contributed by atoms with Crippen LogP contribution < -0.4 is 10.9 Å². The number of aliphatic carboxylic acids is 1. The van der Waals surface area contributed by atoms with Crippen molar-refractivity contribution < 1.29 is 19.1 Å². The van der Waals surface area contributed by atoms with Crippen LogP contribution in [0, 0.1) is 16.6 Å². The fraction of sp³-hybridized carbons (Fsp3) is 0.345. The standard InChI is InChI=1S/C29H29ClFN3O5/c1-34-16-19(9-13-27(34)35)26(33-39)15-23(21-4-2-3-5-24(21)30)18-8-12-22(25(31)14-18)28(36)32-20-10-6-17(7-11-20)29(37)38/h2-5,8-9,12-14,16-17,20,23,26H,6-7,10-11,15H2,1H3,(H,32,36)(H,37,38). The molecule has 2 atom stereocenters. The van der Waals surface area contributed by atoms with Crippen LogP contribution >= 0.6 is 11.6 Å². The van der Waals surface area contributed by atoms with E-state index in [2.05, 4.69) is 10.5 Å². The normalized spacial score (nSPS) is 18.6. The number of carbonyl (C=O) groups is 2. The van der Waals surface area contributed by atoms with Crippen molar-refractivity contribution in [2.24, 2.45) is 18.1 Å². The summed E-state index contributed by atoms with van der Waals surface area (Å²) in [6, 6.07) is 13.2. The van der Waals surface area contributed by atoms with Gasteiger partial charge in [0.1, 0.15) is 11.9 Å². The highest BCUT2D eigenvalue weighted by atomic mass is 35.5. The Morgan fingerprint density at radius 1 is 1.10 bits per heavy atom. The van der Waals surface area contributed by atoms with Crippen LogP contribution in [0.25, 0.3) is 0 Å². The zero-order valence-electron chi connectivity index (χ0n) is 21.3. The maximum Gasteiger partial charge on any atom is 0.306 e. The number of hydrogen-bond donors (Lipinski definition) is 2. The van der Waals surface area contributed by atoms with Crippen molar-refractivity contribution in [3.63, 3.8) is 0 Å². The first kappa shape index (κ1) is 28.2. The molecule has 0 bridgehead atoms. The highest BCUT2D eigenvalue weighted by Crippen LogP contribution is 2.39. The predicted molar refractivity (Wildman–Crippen MR) is 145 cm³/mol. The predicted octanol–water partition coefficient (Wildman–Crippen LogP) is 5.58. The van der Waals surface area contributed by atoms with Crippen molar-refractivity contribution in [1.82, 2.24) is 9.88 Å². The molecule has 39 heavy (non-hydrogen) atoms. The summed E-state index contributed by atoms with van der Waals surface area (Å²) in [5.41, 5.74) is 1.37. The maximum absolute atomic E-state index is 15.3. The topological polar surface area (TPSA) is 118 Å². The van der Waals surface area contributed by atoms with Gasteiger partial charge < -0.3 is 15.0 Å². The maximum atomic E-state index is 15.3. The van der Waals surface area contributed by atoms with E-state index < -0.39 is 35.6 Å². The van der Waals surface area contributed by atoms with E-state index in [1.54, 1.807) is 49.6 Å². The molecule has 204 valence electrons. The summed E-state index contributed by atoms with van der Waals surface area (Å²) in [5.74, 6) is -3.07. The summed E-state index contributed by atoms with van der Waals surface area (Å²) in [5, 5.41) is 15.7. The molecule has 0 saturated heterocycles. The van der Waals surface area contributed by atoms with E-state index in [4.69, 9.17) is 16.7 Å². The highest BCUT2D eigenvalue weighted by Gasteiger charge is 2.29. The first-order valence-electron chi connectivity index (χ1n) is 12.7. The minimum atomic E-state index is -0.843. The number of nitrogens with one attached hydrogen (secondary N) is 1. The van der Waals surface area contributed by atoms with E-state index in [1.165, 1.54) is 22.8 Å². The summed E-state index contributed by atoms with van der Waals surface area (Å²) in [4.78, 5) is 47.8. The molecule has 10 heteroatoms. The van der Waals surface area contributed by atoms with Crippen molar-refractivity contribution in [2.45, 2.75) is 50.1 Å². The highest BCUT2D eigenvalue weighted by molar-refractivity contribution is 6.31. The number of aryl methyl sites for hydroxylation is 1. The number of carboxylic acid groups (broad SMARTS) is 1. The Morgan fingerprint density at radius 3 is 2.41 bits per heavy atom. The molecule has 1 fully saturated rings. The lowest BCUT2D eigenvalue weighted by Gasteiger charge is -2.27. The van der Waals surface area contributed by atoms with Crippen LogP contribution in [0.3, 0.4) is 0 Å². The van der Waals surface area contributed by atoms with Crippen LogP contribution in [0.4, 0.5) is 4.39 Å². The summed E-state index contributed by atoms with van der Waals surface area (Å²) in [7, 11) is 1.58. The Morgan fingerprint density at radius 2 is 1.79 bits per heavy atom. The molecule has 1 saturated carbocycles. The lowest BCUT2D eigenvalue weighted by molar-refractivity contribution is -0.142. The number of nitroso groups, excluding NO2 is 1. The van der Waals surface area contributed by atoms with Crippen molar-refractivity contribution >= 4 is 23.5 Å². The van der Waals surface area contributed by atoms with Gasteiger partial charge in [-0.05, 0) is 73.1 Å². The molecule has 1 aliphatic rings. The molecule has 1 aliphatic carbocycles. The Balaban J connectivity index is 1.59. The number of nitrogens with zero attached hydrogens (tertiary/aromatic N) is 2. The van der Waals surface area contributed by atoms with Crippen molar-refractivity contribution in [2.75, 3.05) is 0 Å². The summed E-state index contributed by atoms with van der Waals surface area (Å²) in [6.07, 6.45) is 3.66. The van der Waals surface area contributed by atoms with Crippen LogP contribution in [0.1, 0.15) is 71.1 Å². The Kier molecular flexibility index (Phi) is 8.91. The van der Waals surface area contributed by atoms with Crippen LogP contribution in [0.5, 0.6) is 0 Å². The van der Waals surface area contributed by atoms with Gasteiger partial charge in [0.05, 0.1) is 11.5 Å². The quantitative estimate of drug-likeness (QED) is 0.335. The van der Waals surface area contributed by atoms with E-state index >= 15 is 4.39 Å². The fourth-order valence-corrected chi connectivity index (χ4v) is 5.42. The van der Waals surface area contributed by atoms with Crippen LogP contribution in [0.15, 0.2) is 70.8 Å². The number of amides is 1. The number of rotatable bonds is 9. The third-order valence-corrected chi connectivity index (χ3v) is 7.76. The fourth-order valence-electron chi connectivity index (χ4n) is 5.16. The minimum absolute atomic E-state index is 0.125. The van der Waals surface area contributed by atoms with Gasteiger partial charge in [0.25, 0.3) is 5.91 Å². The summed E-state index contributed by atoms with van der Waals surface area (Å²) in [6.45, 7) is 0. The lowest BCUT2D eigenvalue weighted by atomic mass is 9.84. The Labute approximate surface area is 229 Å². The average Bonchev–Trinajstić information content (AvgIpc) is 2.92. The molecule has 1 amide bonds. The first-order valence-corrected chi connectivity index (χ1v) is 13.1. The van der Waals surface area contributed by atoms with E-state index in [9.17, 15) is 19.3 Å². The van der Waals surface area contributed by atoms with Gasteiger partial charge >= 0.3 is 5.97 Å². The monoisotopic (exact) mass is 553 g/mol. The molecule has 8 nitrogen and oxygen atoms in total. The smallest absolute Gasteiger partial charge is 0.306 e. The third kappa shape index (κ3) is 6.60. The number of carbonyl (C=O) groups excluding carboxylic acids is 1. The zero-order valence-corrected chi connectivity index (χ0v) is 22.1. The second-order valence-electron chi connectivity index (χ2n) is 9.94. The Hall–Kier alpha value is -3.85. The molecule has 4 rings (SSSR count). The number of carboxylic acids is 1. The van der Waals surface area contributed by atoms with Crippen molar-refractivity contribution in [1.29, 1.82) is 0 Å². The van der Waals surface area contributed by atoms with Gasteiger partial charge in [-0.2, -0.15) is 4.91 Å². The largest absolute Gasteiger partial charge is 0.481 e. The lowest BCUT2D eigenvalue weighted by Crippen LogP contribution is -2.39. The summed E-state index contributed by atoms with van der Waals surface area (Å²) < 4.78 is 16.7. The number of halogens is 2. The average molecular weight is 554 g/mol. The van der Waals surface area contributed by atoms with Gasteiger partial charge in [-0.25, -0.2) is 4.39 Å². The van der Waals surface area contributed by atoms with Crippen LogP contribution in [0.2, 0.25) is 5.02 Å². The molecular formula is C29H29ClFN3O5. The molecule has 3 aromatic rings. The molecule has 1 heterocycles. The summed E-state index contributed by atoms with van der Waals surface area (Å²) >= 11 is 6.50. The molecule has 0 spiro atoms. The van der Waals surface area contributed by atoms with E-state index in [-0.39, 0.29) is 23.6 Å². The molecule has 2 N–H and O–H groups in total. The Bertz CT molecular complexity index is 1430. The zero-order chi connectivity index (χ0) is 28.1. The molecule has 0 radical (unpaired) electrons. The number of hydrogen-bond acceptors (Lipinski definition) is 5. The molecule has 0 aliphatic heterocycles. The van der Waals surface area contributed by atoms with Gasteiger partial charge in [-0.15, -0.1) is 0 Å². The molecule has 2 aromatic carbocycles. The number of benzene rings is 2. The van der Waals surface area contributed by atoms with Crippen molar-refractivity contribution in [3.05, 3.63) is 109 Å². The first-order chi connectivity index (χ1) is 18.7. The van der Waals surface area contributed by atoms with E-state index in [0.717, 1.165) is 0 Å². The number of pyridine rings is 1. The van der Waals surface area contributed by atoms with E-state index in [0.29, 0.717) is 47.4 Å². The minimum Gasteiger partial charge on any atom is -0.481 e. The van der Waals surface area contributed by atoms with Gasteiger partial charge in [0, 0.05) is 36.3 Å². The second kappa shape index (κ2) is 12.3. The molecule has 1 aromatic heterocycles. The van der Waals surface area contributed by atoms with Gasteiger partial charge in [0.15, 0.2) is 0 Å². The van der Waals surface area contributed by atoms with Gasteiger partial charge in [-0.3, -0.25) is 14.4 Å². The van der Waals surface area contributed by atoms with Crippen LogP contribution in [-0.2, 0) is 11.8 Å².